The number of Topliss-reactive ketones (excluding diaryl/α,β-unsaturated/α-hetero) is 1. The van der Waals surface area contributed by atoms with Crippen LogP contribution in [0.1, 0.15) is 53.4 Å². The Hall–Kier alpha value is -1.32. The molecule has 0 radical (unpaired) electrons. The summed E-state index contributed by atoms with van der Waals surface area (Å²) in [6.45, 7) is 6.97. The number of hydrogen-bond donors (Lipinski definition) is 0. The van der Waals surface area contributed by atoms with Crippen molar-refractivity contribution in [2.45, 2.75) is 59.6 Å². The second kappa shape index (κ2) is 9.59. The normalized spacial score (nSPS) is 15.6. The molecule has 0 saturated heterocycles. The van der Waals surface area contributed by atoms with E-state index in [-0.39, 0.29) is 11.7 Å². The Balaban J connectivity index is 5.15. The molecule has 4 heteroatoms. The predicted molar refractivity (Wildman–Crippen MR) is 81.0 cm³/mol. The SMILES string of the molecule is C\C=C(/C=C\C(=C/C)C(F)(F)F)C(CCC)CC(=O)CC. The highest BCUT2D eigenvalue weighted by Crippen LogP contribution is 2.29. The minimum atomic E-state index is -4.34. The third kappa shape index (κ3) is 7.30. The third-order valence-electron chi connectivity index (χ3n) is 3.40. The molecular formula is C17H25F3O. The van der Waals surface area contributed by atoms with E-state index >= 15 is 0 Å². The highest BCUT2D eigenvalue weighted by molar-refractivity contribution is 5.78. The zero-order chi connectivity index (χ0) is 16.5. The van der Waals surface area contributed by atoms with Crippen LogP contribution in [0.5, 0.6) is 0 Å². The summed E-state index contributed by atoms with van der Waals surface area (Å²) >= 11 is 0. The van der Waals surface area contributed by atoms with Gasteiger partial charge in [0.25, 0.3) is 0 Å². The van der Waals surface area contributed by atoms with Gasteiger partial charge in [0.2, 0.25) is 0 Å². The van der Waals surface area contributed by atoms with Crippen LogP contribution >= 0.6 is 0 Å². The molecule has 0 aliphatic carbocycles. The zero-order valence-electron chi connectivity index (χ0n) is 13.3. The Kier molecular flexibility index (Phi) is 8.98. The number of ketones is 1. The minimum absolute atomic E-state index is 0.00459. The van der Waals surface area contributed by atoms with Gasteiger partial charge in [-0.15, -0.1) is 0 Å². The molecule has 0 saturated carbocycles. The van der Waals surface area contributed by atoms with Gasteiger partial charge >= 0.3 is 6.18 Å². The maximum absolute atomic E-state index is 12.7. The van der Waals surface area contributed by atoms with E-state index in [1.165, 1.54) is 13.0 Å². The van der Waals surface area contributed by atoms with Gasteiger partial charge < -0.3 is 0 Å². The molecule has 1 nitrogen and oxygen atoms in total. The molecule has 0 fully saturated rings. The van der Waals surface area contributed by atoms with Crippen LogP contribution in [0.3, 0.4) is 0 Å². The van der Waals surface area contributed by atoms with Gasteiger partial charge in [-0.3, -0.25) is 4.79 Å². The molecule has 0 aromatic carbocycles. The van der Waals surface area contributed by atoms with E-state index in [1.54, 1.807) is 19.9 Å². The van der Waals surface area contributed by atoms with Crippen LogP contribution in [-0.2, 0) is 4.79 Å². The Morgan fingerprint density at radius 1 is 1.10 bits per heavy atom. The van der Waals surface area contributed by atoms with Gasteiger partial charge in [-0.25, -0.2) is 0 Å². The van der Waals surface area contributed by atoms with Crippen LogP contribution in [0.15, 0.2) is 35.5 Å². The molecule has 0 heterocycles. The molecule has 0 aromatic rings. The Morgan fingerprint density at radius 2 is 1.71 bits per heavy atom. The molecule has 0 aliphatic heterocycles. The lowest BCUT2D eigenvalue weighted by molar-refractivity contribution is -0.119. The van der Waals surface area contributed by atoms with Crippen molar-refractivity contribution in [3.05, 3.63) is 35.5 Å². The number of carbonyl (C=O) groups excluding carboxylic acids is 1. The van der Waals surface area contributed by atoms with Crippen molar-refractivity contribution in [2.24, 2.45) is 5.92 Å². The maximum Gasteiger partial charge on any atom is 0.416 e. The summed E-state index contributed by atoms with van der Waals surface area (Å²) in [4.78, 5) is 11.6. The molecule has 0 aromatic heterocycles. The van der Waals surface area contributed by atoms with Crippen molar-refractivity contribution in [3.8, 4) is 0 Å². The monoisotopic (exact) mass is 302 g/mol. The first-order chi connectivity index (χ1) is 9.79. The van der Waals surface area contributed by atoms with Gasteiger partial charge in [0.15, 0.2) is 0 Å². The number of hydrogen-bond acceptors (Lipinski definition) is 1. The van der Waals surface area contributed by atoms with E-state index in [1.807, 2.05) is 6.92 Å². The van der Waals surface area contributed by atoms with Crippen molar-refractivity contribution in [1.82, 2.24) is 0 Å². The summed E-state index contributed by atoms with van der Waals surface area (Å²) in [6, 6.07) is 0. The Morgan fingerprint density at radius 3 is 2.10 bits per heavy atom. The summed E-state index contributed by atoms with van der Waals surface area (Å²) in [5.41, 5.74) is 0.126. The van der Waals surface area contributed by atoms with E-state index in [0.717, 1.165) is 30.6 Å². The summed E-state index contributed by atoms with van der Waals surface area (Å²) < 4.78 is 38.1. The molecule has 0 N–H and O–H groups in total. The number of rotatable bonds is 8. The van der Waals surface area contributed by atoms with Crippen LogP contribution in [0.4, 0.5) is 13.2 Å². The zero-order valence-corrected chi connectivity index (χ0v) is 13.3. The molecule has 0 bridgehead atoms. The van der Waals surface area contributed by atoms with Gasteiger partial charge in [-0.1, -0.05) is 44.6 Å². The number of halogens is 3. The predicted octanol–water partition coefficient (Wildman–Crippen LogP) is 5.78. The average Bonchev–Trinajstić information content (AvgIpc) is 2.41. The first kappa shape index (κ1) is 19.7. The fraction of sp³-hybridized carbons (Fsp3) is 0.588. The smallest absolute Gasteiger partial charge is 0.300 e. The molecule has 21 heavy (non-hydrogen) atoms. The fourth-order valence-electron chi connectivity index (χ4n) is 2.16. The van der Waals surface area contributed by atoms with Crippen LogP contribution in [0.2, 0.25) is 0 Å². The van der Waals surface area contributed by atoms with Crippen molar-refractivity contribution in [1.29, 1.82) is 0 Å². The molecule has 0 aliphatic rings. The van der Waals surface area contributed by atoms with E-state index in [2.05, 4.69) is 0 Å². The van der Waals surface area contributed by atoms with Gasteiger partial charge in [0.1, 0.15) is 5.78 Å². The second-order valence-corrected chi connectivity index (χ2v) is 4.95. The molecule has 0 spiro atoms. The molecule has 1 unspecified atom stereocenters. The van der Waals surface area contributed by atoms with E-state index in [9.17, 15) is 18.0 Å². The van der Waals surface area contributed by atoms with E-state index in [0.29, 0.717) is 12.8 Å². The van der Waals surface area contributed by atoms with Gasteiger partial charge in [-0.05, 0) is 31.8 Å². The molecular weight excluding hydrogens is 277 g/mol. The lowest BCUT2D eigenvalue weighted by Crippen LogP contribution is -2.11. The van der Waals surface area contributed by atoms with Gasteiger partial charge in [-0.2, -0.15) is 13.2 Å². The van der Waals surface area contributed by atoms with Crippen molar-refractivity contribution in [2.75, 3.05) is 0 Å². The standard InChI is InChI=1S/C17H25F3O/c1-5-9-14(12-16(21)8-4)13(6-2)10-11-15(7-3)17(18,19)20/h6-7,10-11,14H,5,8-9,12H2,1-4H3/b11-10-,13-6+,15-7+. The summed E-state index contributed by atoms with van der Waals surface area (Å²) in [7, 11) is 0. The van der Waals surface area contributed by atoms with E-state index in [4.69, 9.17) is 0 Å². The van der Waals surface area contributed by atoms with Crippen molar-refractivity contribution in [3.63, 3.8) is 0 Å². The van der Waals surface area contributed by atoms with E-state index < -0.39 is 11.7 Å². The average molecular weight is 302 g/mol. The first-order valence-electron chi connectivity index (χ1n) is 7.39. The Labute approximate surface area is 125 Å². The fourth-order valence-corrected chi connectivity index (χ4v) is 2.16. The van der Waals surface area contributed by atoms with Gasteiger partial charge in [0, 0.05) is 12.8 Å². The topological polar surface area (TPSA) is 17.1 Å². The number of allylic oxidation sites excluding steroid dienone is 6. The lowest BCUT2D eigenvalue weighted by Gasteiger charge is -2.17. The van der Waals surface area contributed by atoms with Crippen molar-refractivity contribution >= 4 is 5.78 Å². The van der Waals surface area contributed by atoms with Crippen LogP contribution < -0.4 is 0 Å². The second-order valence-electron chi connectivity index (χ2n) is 4.95. The summed E-state index contributed by atoms with van der Waals surface area (Å²) in [6.07, 6.45) is 3.63. The molecule has 1 atom stereocenters. The third-order valence-corrected chi connectivity index (χ3v) is 3.40. The van der Waals surface area contributed by atoms with Gasteiger partial charge in [0.05, 0.1) is 5.57 Å². The number of carbonyl (C=O) groups is 1. The first-order valence-corrected chi connectivity index (χ1v) is 7.39. The highest BCUT2D eigenvalue weighted by Gasteiger charge is 2.31. The molecule has 0 rings (SSSR count). The minimum Gasteiger partial charge on any atom is -0.300 e. The molecule has 0 amide bonds. The quantitative estimate of drug-likeness (QED) is 0.519. The maximum atomic E-state index is 12.7. The summed E-state index contributed by atoms with van der Waals surface area (Å²) in [5, 5.41) is 0. The van der Waals surface area contributed by atoms with Crippen LogP contribution in [0.25, 0.3) is 0 Å². The highest BCUT2D eigenvalue weighted by atomic mass is 19.4. The largest absolute Gasteiger partial charge is 0.416 e. The lowest BCUT2D eigenvalue weighted by atomic mass is 9.88. The van der Waals surface area contributed by atoms with Crippen LogP contribution in [0, 0.1) is 5.92 Å². The number of alkyl halides is 3. The molecule has 120 valence electrons. The Bertz CT molecular complexity index is 414. The van der Waals surface area contributed by atoms with Crippen molar-refractivity contribution < 1.29 is 18.0 Å². The summed E-state index contributed by atoms with van der Waals surface area (Å²) in [5.74, 6) is 0.137. The van der Waals surface area contributed by atoms with Crippen LogP contribution in [-0.4, -0.2) is 12.0 Å².